The Morgan fingerprint density at radius 1 is 1.50 bits per heavy atom. The summed E-state index contributed by atoms with van der Waals surface area (Å²) in [6.07, 6.45) is -0.753. The van der Waals surface area contributed by atoms with Crippen LogP contribution >= 0.6 is 15.9 Å². The van der Waals surface area contributed by atoms with E-state index in [1.54, 1.807) is 20.8 Å². The minimum atomic E-state index is -0.513. The Balaban J connectivity index is 4.13. The molecule has 5 nitrogen and oxygen atoms in total. The van der Waals surface area contributed by atoms with Gasteiger partial charge in [-0.2, -0.15) is 0 Å². The Hall–Kier alpha value is -0.330. The molecule has 16 heavy (non-hydrogen) atoms. The van der Waals surface area contributed by atoms with E-state index in [1.807, 2.05) is 6.92 Å². The Morgan fingerprint density at radius 2 is 2.06 bits per heavy atom. The molecule has 0 rings (SSSR count). The van der Waals surface area contributed by atoms with Crippen LogP contribution in [0.1, 0.15) is 27.7 Å². The van der Waals surface area contributed by atoms with Crippen molar-refractivity contribution >= 4 is 22.0 Å². The topological polar surface area (TPSA) is 70.6 Å². The summed E-state index contributed by atoms with van der Waals surface area (Å²) in [6, 6.07) is 0. The number of ether oxygens (including phenoxy) is 1. The largest absolute Gasteiger partial charge is 0.444 e. The molecule has 0 fully saturated rings. The molecule has 0 saturated carbocycles. The Bertz CT molecular complexity index is 217. The van der Waals surface area contributed by atoms with E-state index in [2.05, 4.69) is 26.6 Å². The van der Waals surface area contributed by atoms with E-state index in [1.165, 1.54) is 0 Å². The maximum Gasteiger partial charge on any atom is 0.408 e. The highest BCUT2D eigenvalue weighted by atomic mass is 79.9. The molecule has 0 aliphatic rings. The zero-order valence-corrected chi connectivity index (χ0v) is 11.8. The van der Waals surface area contributed by atoms with Gasteiger partial charge in [0.1, 0.15) is 5.60 Å². The highest BCUT2D eigenvalue weighted by molar-refractivity contribution is 9.09. The smallest absolute Gasteiger partial charge is 0.408 e. The average molecular weight is 297 g/mol. The van der Waals surface area contributed by atoms with E-state index >= 15 is 0 Å². The Morgan fingerprint density at radius 3 is 2.44 bits per heavy atom. The molecule has 0 aromatic rings. The van der Waals surface area contributed by atoms with Crippen molar-refractivity contribution < 1.29 is 14.6 Å². The fourth-order valence-corrected chi connectivity index (χ4v) is 1.30. The van der Waals surface area contributed by atoms with E-state index in [0.29, 0.717) is 6.54 Å². The van der Waals surface area contributed by atoms with Gasteiger partial charge in [0.25, 0.3) is 0 Å². The molecule has 0 aliphatic heterocycles. The van der Waals surface area contributed by atoms with Gasteiger partial charge in [0.15, 0.2) is 0 Å². The van der Waals surface area contributed by atoms with Crippen molar-refractivity contribution in [3.8, 4) is 0 Å². The Labute approximate surface area is 105 Å². The second kappa shape index (κ2) is 7.09. The van der Waals surface area contributed by atoms with Gasteiger partial charge < -0.3 is 15.2 Å². The molecular formula is C10H21BrN2O3. The van der Waals surface area contributed by atoms with Crippen molar-refractivity contribution in [2.45, 2.75) is 44.3 Å². The zero-order chi connectivity index (χ0) is 12.8. The fraction of sp³-hybridized carbons (Fsp3) is 0.900. The molecule has 0 aromatic heterocycles. The van der Waals surface area contributed by atoms with Crippen LogP contribution in [0, 0.1) is 0 Å². The van der Waals surface area contributed by atoms with Crippen LogP contribution in [0.25, 0.3) is 0 Å². The third kappa shape index (κ3) is 7.90. The van der Waals surface area contributed by atoms with Crippen molar-refractivity contribution in [1.82, 2.24) is 10.6 Å². The molecule has 0 spiro atoms. The van der Waals surface area contributed by atoms with Gasteiger partial charge in [-0.3, -0.25) is 5.32 Å². The summed E-state index contributed by atoms with van der Waals surface area (Å²) >= 11 is 3.36. The molecule has 0 aliphatic carbocycles. The third-order valence-electron chi connectivity index (χ3n) is 1.61. The summed E-state index contributed by atoms with van der Waals surface area (Å²) in [5.41, 5.74) is -0.513. The molecule has 3 N–H and O–H groups in total. The molecule has 2 atom stereocenters. The normalized spacial score (nSPS) is 15.4. The summed E-state index contributed by atoms with van der Waals surface area (Å²) < 4.78 is 5.12. The second-order valence-electron chi connectivity index (χ2n) is 4.48. The lowest BCUT2D eigenvalue weighted by atomic mass is 10.2. The number of carbonyl (C=O) groups is 1. The molecule has 1 unspecified atom stereocenters. The standard InChI is InChI=1S/C10H21BrN2O3/c1-7(11)8(12-5-6-14)13-9(15)16-10(2,3)4/h7-8,12,14H,5-6H2,1-4H3,(H,13,15)/t7?,8-/m0/s1. The number of halogens is 1. The van der Waals surface area contributed by atoms with Crippen LogP contribution < -0.4 is 10.6 Å². The van der Waals surface area contributed by atoms with Crippen molar-refractivity contribution in [3.63, 3.8) is 0 Å². The number of hydrogen-bond donors (Lipinski definition) is 3. The quantitative estimate of drug-likeness (QED) is 0.527. The van der Waals surface area contributed by atoms with Crippen LogP contribution in [0.3, 0.4) is 0 Å². The van der Waals surface area contributed by atoms with Gasteiger partial charge in [-0.25, -0.2) is 4.79 Å². The van der Waals surface area contributed by atoms with Crippen LogP contribution in [0.15, 0.2) is 0 Å². The summed E-state index contributed by atoms with van der Waals surface area (Å²) in [6.45, 7) is 7.75. The molecular weight excluding hydrogens is 276 g/mol. The molecule has 6 heteroatoms. The highest BCUT2D eigenvalue weighted by Crippen LogP contribution is 2.08. The van der Waals surface area contributed by atoms with Gasteiger partial charge in [-0.15, -0.1) is 0 Å². The van der Waals surface area contributed by atoms with E-state index < -0.39 is 11.7 Å². The lowest BCUT2D eigenvalue weighted by molar-refractivity contribution is 0.0493. The van der Waals surface area contributed by atoms with Crippen LogP contribution in [0.5, 0.6) is 0 Å². The number of aliphatic hydroxyl groups is 1. The van der Waals surface area contributed by atoms with Gasteiger partial charge in [0.05, 0.1) is 12.8 Å². The van der Waals surface area contributed by atoms with Gasteiger partial charge in [0, 0.05) is 11.4 Å². The predicted molar refractivity (Wildman–Crippen MR) is 66.6 cm³/mol. The molecule has 1 amide bonds. The lowest BCUT2D eigenvalue weighted by Gasteiger charge is -2.25. The van der Waals surface area contributed by atoms with Crippen molar-refractivity contribution in [2.75, 3.05) is 13.2 Å². The number of alkyl halides is 1. The van der Waals surface area contributed by atoms with Crippen LogP contribution in [-0.4, -0.2) is 40.9 Å². The maximum atomic E-state index is 11.5. The number of nitrogens with one attached hydrogen (secondary N) is 2. The van der Waals surface area contributed by atoms with Gasteiger partial charge in [-0.1, -0.05) is 15.9 Å². The van der Waals surface area contributed by atoms with Crippen LogP contribution in [0.4, 0.5) is 4.79 Å². The SMILES string of the molecule is CC(Br)[C@@H](NCCO)NC(=O)OC(C)(C)C. The van der Waals surface area contributed by atoms with Gasteiger partial charge in [-0.05, 0) is 27.7 Å². The van der Waals surface area contributed by atoms with E-state index in [9.17, 15) is 4.79 Å². The number of rotatable bonds is 5. The lowest BCUT2D eigenvalue weighted by Crippen LogP contribution is -2.51. The van der Waals surface area contributed by atoms with E-state index in [-0.39, 0.29) is 17.6 Å². The fourth-order valence-electron chi connectivity index (χ4n) is 0.983. The molecule has 0 bridgehead atoms. The molecule has 96 valence electrons. The predicted octanol–water partition coefficient (Wildman–Crippen LogP) is 1.20. The molecule has 0 aromatic carbocycles. The summed E-state index contributed by atoms with van der Waals surface area (Å²) in [7, 11) is 0. The first-order valence-corrected chi connectivity index (χ1v) is 6.15. The Kier molecular flexibility index (Phi) is 6.94. The van der Waals surface area contributed by atoms with Gasteiger partial charge in [0.2, 0.25) is 0 Å². The zero-order valence-electron chi connectivity index (χ0n) is 10.2. The first kappa shape index (κ1) is 15.7. The number of carbonyl (C=O) groups excluding carboxylic acids is 1. The molecule has 0 heterocycles. The van der Waals surface area contributed by atoms with Crippen molar-refractivity contribution in [2.24, 2.45) is 0 Å². The van der Waals surface area contributed by atoms with Crippen LogP contribution in [-0.2, 0) is 4.74 Å². The highest BCUT2D eigenvalue weighted by Gasteiger charge is 2.21. The van der Waals surface area contributed by atoms with Crippen LogP contribution in [0.2, 0.25) is 0 Å². The van der Waals surface area contributed by atoms with Crippen molar-refractivity contribution in [1.29, 1.82) is 0 Å². The second-order valence-corrected chi connectivity index (χ2v) is 5.92. The number of alkyl carbamates (subject to hydrolysis) is 1. The summed E-state index contributed by atoms with van der Waals surface area (Å²) in [4.78, 5) is 11.5. The summed E-state index contributed by atoms with van der Waals surface area (Å²) in [5, 5.41) is 14.3. The first-order chi connectivity index (χ1) is 7.26. The maximum absolute atomic E-state index is 11.5. The first-order valence-electron chi connectivity index (χ1n) is 5.24. The minimum absolute atomic E-state index is 0.0201. The van der Waals surface area contributed by atoms with E-state index in [4.69, 9.17) is 9.84 Å². The molecule has 0 saturated heterocycles. The monoisotopic (exact) mass is 296 g/mol. The van der Waals surface area contributed by atoms with Crippen molar-refractivity contribution in [3.05, 3.63) is 0 Å². The summed E-state index contributed by atoms with van der Waals surface area (Å²) in [5.74, 6) is 0. The van der Waals surface area contributed by atoms with Gasteiger partial charge >= 0.3 is 6.09 Å². The van der Waals surface area contributed by atoms with E-state index in [0.717, 1.165) is 0 Å². The molecule has 0 radical (unpaired) electrons. The third-order valence-corrected chi connectivity index (χ3v) is 2.14. The average Bonchev–Trinajstić information content (AvgIpc) is 2.08. The number of hydrogen-bond acceptors (Lipinski definition) is 4. The minimum Gasteiger partial charge on any atom is -0.444 e. The number of amides is 1. The number of aliphatic hydroxyl groups excluding tert-OH is 1.